The van der Waals surface area contributed by atoms with Gasteiger partial charge in [-0.1, -0.05) is 35.9 Å². The molecule has 0 aliphatic rings. The van der Waals surface area contributed by atoms with E-state index < -0.39 is 0 Å². The molecule has 0 saturated heterocycles. The van der Waals surface area contributed by atoms with E-state index in [0.29, 0.717) is 0 Å². The first kappa shape index (κ1) is 9.98. The predicted octanol–water partition coefficient (Wildman–Crippen LogP) is 2.02. The lowest BCUT2D eigenvalue weighted by Crippen LogP contribution is -1.92. The first-order chi connectivity index (χ1) is 5.31. The highest BCUT2D eigenvalue weighted by Gasteiger charge is 1.85. The van der Waals surface area contributed by atoms with E-state index in [9.17, 15) is 4.79 Å². The van der Waals surface area contributed by atoms with E-state index in [0.717, 1.165) is 0 Å². The molecule has 0 aliphatic heterocycles. The van der Waals surface area contributed by atoms with Crippen LogP contribution in [0.1, 0.15) is 0 Å². The third-order valence-electron chi connectivity index (χ3n) is 0.840. The van der Waals surface area contributed by atoms with Crippen LogP contribution in [0.2, 0.25) is 0 Å². The summed E-state index contributed by atoms with van der Waals surface area (Å²) in [7, 11) is 1.33. The molecule has 0 spiro atoms. The largest absolute Gasteiger partial charge is 0.466 e. The molecule has 0 radical (unpaired) electrons. The van der Waals surface area contributed by atoms with Gasteiger partial charge in [-0.05, 0) is 0 Å². The Morgan fingerprint density at radius 3 is 2.45 bits per heavy atom. The van der Waals surface area contributed by atoms with E-state index in [2.05, 4.69) is 4.74 Å². The molecule has 0 N–H and O–H groups in total. The van der Waals surface area contributed by atoms with Crippen molar-refractivity contribution in [3.05, 3.63) is 35.9 Å². The number of methoxy groups -OCH3 is 1. The normalized spacial score (nSPS) is 11.8. The van der Waals surface area contributed by atoms with Gasteiger partial charge < -0.3 is 4.74 Å². The van der Waals surface area contributed by atoms with Crippen molar-refractivity contribution in [2.24, 2.45) is 0 Å². The molecule has 60 valence electrons. The molecule has 0 fully saturated rings. The Bertz CT molecular complexity index is 192. The Hall–Kier alpha value is -1.02. The average Bonchev–Trinajstić information content (AvgIpc) is 2.04. The quantitative estimate of drug-likeness (QED) is 0.370. The van der Waals surface area contributed by atoms with Crippen molar-refractivity contribution >= 4 is 17.6 Å². The molecule has 0 bridgehead atoms. The summed E-state index contributed by atoms with van der Waals surface area (Å²) in [5, 5.41) is 0. The second-order valence-corrected chi connectivity index (χ2v) is 1.84. The SMILES string of the molecule is COC(=O)/C=C/C=C/C=C/Cl. The highest BCUT2D eigenvalue weighted by atomic mass is 35.5. The van der Waals surface area contributed by atoms with Crippen molar-refractivity contribution in [2.45, 2.75) is 0 Å². The maximum absolute atomic E-state index is 10.5. The third-order valence-corrected chi connectivity index (χ3v) is 0.985. The van der Waals surface area contributed by atoms with Gasteiger partial charge in [0.05, 0.1) is 7.11 Å². The zero-order valence-electron chi connectivity index (χ0n) is 6.16. The van der Waals surface area contributed by atoms with Gasteiger partial charge in [0.15, 0.2) is 0 Å². The van der Waals surface area contributed by atoms with Crippen LogP contribution in [0, 0.1) is 0 Å². The van der Waals surface area contributed by atoms with E-state index in [1.54, 1.807) is 24.3 Å². The number of ether oxygens (including phenoxy) is 1. The summed E-state index contributed by atoms with van der Waals surface area (Å²) in [6.07, 6.45) is 7.91. The fraction of sp³-hybridized carbons (Fsp3) is 0.125. The number of allylic oxidation sites excluding steroid dienone is 4. The van der Waals surface area contributed by atoms with Crippen LogP contribution in [0.25, 0.3) is 0 Å². The van der Waals surface area contributed by atoms with Gasteiger partial charge in [-0.15, -0.1) is 0 Å². The molecule has 11 heavy (non-hydrogen) atoms. The molecule has 0 saturated carbocycles. The standard InChI is InChI=1S/C8H9ClO2/c1-11-8(10)6-4-2-3-5-7-9/h2-7H,1H3/b3-2+,6-4+,7-5+. The summed E-state index contributed by atoms with van der Waals surface area (Å²) in [4.78, 5) is 10.5. The van der Waals surface area contributed by atoms with Crippen LogP contribution in [0.3, 0.4) is 0 Å². The van der Waals surface area contributed by atoms with E-state index >= 15 is 0 Å². The molecule has 0 aromatic heterocycles. The Morgan fingerprint density at radius 2 is 1.91 bits per heavy atom. The molecule has 0 rings (SSSR count). The summed E-state index contributed by atoms with van der Waals surface area (Å²) >= 11 is 5.22. The minimum absolute atomic E-state index is 0.371. The van der Waals surface area contributed by atoms with E-state index in [1.165, 1.54) is 18.7 Å². The number of hydrogen-bond donors (Lipinski definition) is 0. The molecule has 0 aromatic carbocycles. The van der Waals surface area contributed by atoms with E-state index in [4.69, 9.17) is 11.6 Å². The first-order valence-electron chi connectivity index (χ1n) is 2.99. The van der Waals surface area contributed by atoms with Crippen molar-refractivity contribution in [2.75, 3.05) is 7.11 Å². The molecular formula is C8H9ClO2. The van der Waals surface area contributed by atoms with Gasteiger partial charge in [0, 0.05) is 11.6 Å². The van der Waals surface area contributed by atoms with Gasteiger partial charge in [0.2, 0.25) is 0 Å². The summed E-state index contributed by atoms with van der Waals surface area (Å²) in [6, 6.07) is 0. The molecule has 0 amide bonds. The van der Waals surface area contributed by atoms with Crippen molar-refractivity contribution in [3.63, 3.8) is 0 Å². The maximum Gasteiger partial charge on any atom is 0.330 e. The Morgan fingerprint density at radius 1 is 1.27 bits per heavy atom. The topological polar surface area (TPSA) is 26.3 Å². The van der Waals surface area contributed by atoms with Crippen molar-refractivity contribution in [1.29, 1.82) is 0 Å². The maximum atomic E-state index is 10.5. The molecular weight excluding hydrogens is 164 g/mol. The molecule has 3 heteroatoms. The monoisotopic (exact) mass is 172 g/mol. The fourth-order valence-corrected chi connectivity index (χ4v) is 0.456. The van der Waals surface area contributed by atoms with E-state index in [1.807, 2.05) is 0 Å². The van der Waals surface area contributed by atoms with Crippen LogP contribution in [0.15, 0.2) is 35.9 Å². The van der Waals surface area contributed by atoms with E-state index in [-0.39, 0.29) is 5.97 Å². The van der Waals surface area contributed by atoms with Crippen LogP contribution < -0.4 is 0 Å². The van der Waals surface area contributed by atoms with Gasteiger partial charge in [0.1, 0.15) is 0 Å². The van der Waals surface area contributed by atoms with Crippen LogP contribution in [0.5, 0.6) is 0 Å². The average molecular weight is 173 g/mol. The Kier molecular flexibility index (Phi) is 6.43. The number of carbonyl (C=O) groups is 1. The highest BCUT2D eigenvalue weighted by Crippen LogP contribution is 1.83. The first-order valence-corrected chi connectivity index (χ1v) is 3.43. The summed E-state index contributed by atoms with van der Waals surface area (Å²) < 4.78 is 4.35. The molecule has 0 unspecified atom stereocenters. The zero-order chi connectivity index (χ0) is 8.53. The molecule has 0 heterocycles. The molecule has 0 aromatic rings. The Balaban J connectivity index is 3.68. The molecule has 0 aliphatic carbocycles. The predicted molar refractivity (Wildman–Crippen MR) is 45.3 cm³/mol. The lowest BCUT2D eigenvalue weighted by molar-refractivity contribution is -0.134. The van der Waals surface area contributed by atoms with Crippen molar-refractivity contribution in [3.8, 4) is 0 Å². The number of esters is 1. The highest BCUT2D eigenvalue weighted by molar-refractivity contribution is 6.25. The van der Waals surface area contributed by atoms with Gasteiger partial charge in [-0.2, -0.15) is 0 Å². The van der Waals surface area contributed by atoms with Crippen molar-refractivity contribution < 1.29 is 9.53 Å². The third kappa shape index (κ3) is 6.87. The lowest BCUT2D eigenvalue weighted by Gasteiger charge is -1.85. The summed E-state index contributed by atoms with van der Waals surface area (Å²) in [5.41, 5.74) is 1.38. The van der Waals surface area contributed by atoms with Gasteiger partial charge in [-0.3, -0.25) is 0 Å². The van der Waals surface area contributed by atoms with Crippen LogP contribution in [-0.2, 0) is 9.53 Å². The fourth-order valence-electron chi connectivity index (χ4n) is 0.372. The summed E-state index contributed by atoms with van der Waals surface area (Å²) in [5.74, 6) is -0.371. The second-order valence-electron chi connectivity index (χ2n) is 1.59. The van der Waals surface area contributed by atoms with Gasteiger partial charge in [-0.25, -0.2) is 4.79 Å². The number of rotatable bonds is 3. The number of hydrogen-bond acceptors (Lipinski definition) is 2. The second kappa shape index (κ2) is 7.09. The molecule has 0 atom stereocenters. The zero-order valence-corrected chi connectivity index (χ0v) is 6.91. The van der Waals surface area contributed by atoms with Crippen LogP contribution in [-0.4, -0.2) is 13.1 Å². The van der Waals surface area contributed by atoms with Crippen molar-refractivity contribution in [1.82, 2.24) is 0 Å². The van der Waals surface area contributed by atoms with Gasteiger partial charge in [0.25, 0.3) is 0 Å². The minimum Gasteiger partial charge on any atom is -0.466 e. The minimum atomic E-state index is -0.371. The molecule has 2 nitrogen and oxygen atoms in total. The Labute approximate surface area is 70.8 Å². The summed E-state index contributed by atoms with van der Waals surface area (Å²) in [6.45, 7) is 0. The van der Waals surface area contributed by atoms with Crippen LogP contribution in [0.4, 0.5) is 0 Å². The van der Waals surface area contributed by atoms with Crippen LogP contribution >= 0.6 is 11.6 Å². The number of halogens is 1. The van der Waals surface area contributed by atoms with Gasteiger partial charge >= 0.3 is 5.97 Å². The lowest BCUT2D eigenvalue weighted by atomic mass is 10.4. The number of carbonyl (C=O) groups excluding carboxylic acids is 1. The smallest absolute Gasteiger partial charge is 0.330 e.